The van der Waals surface area contributed by atoms with E-state index < -0.39 is 23.4 Å². The predicted octanol–water partition coefficient (Wildman–Crippen LogP) is 3.20. The Morgan fingerprint density at radius 1 is 1.14 bits per heavy atom. The van der Waals surface area contributed by atoms with E-state index in [1.54, 1.807) is 38.3 Å². The molecule has 0 saturated carbocycles. The van der Waals surface area contributed by atoms with Crippen molar-refractivity contribution in [3.05, 3.63) is 64.2 Å². The number of carbonyl (C=O) groups excluding carboxylic acids is 2. The maximum absolute atomic E-state index is 12.0. The Hall–Kier alpha value is -3.88. The van der Waals surface area contributed by atoms with E-state index in [1.807, 2.05) is 0 Å². The van der Waals surface area contributed by atoms with Gasteiger partial charge in [-0.2, -0.15) is 0 Å². The van der Waals surface area contributed by atoms with Gasteiger partial charge in [-0.1, -0.05) is 12.1 Å². The number of hydrogen-bond donors (Lipinski definition) is 1. The molecule has 0 aromatic heterocycles. The van der Waals surface area contributed by atoms with Crippen LogP contribution in [0.5, 0.6) is 11.5 Å². The second-order valence-corrected chi connectivity index (χ2v) is 5.63. The van der Waals surface area contributed by atoms with Crippen LogP contribution < -0.4 is 14.8 Å². The number of anilines is 1. The molecule has 0 unspecified atom stereocenters. The summed E-state index contributed by atoms with van der Waals surface area (Å²) in [5.41, 5.74) is 0.403. The fourth-order valence-corrected chi connectivity index (χ4v) is 2.28. The second kappa shape index (κ2) is 10.5. The van der Waals surface area contributed by atoms with E-state index in [9.17, 15) is 19.7 Å². The normalized spacial score (nSPS) is 10.4. The number of nitrogens with zero attached hydrogens (tertiary/aromatic N) is 1. The number of nitrogens with one attached hydrogen (secondary N) is 1. The van der Waals surface area contributed by atoms with E-state index in [2.05, 4.69) is 5.32 Å². The molecule has 0 aliphatic carbocycles. The van der Waals surface area contributed by atoms with Crippen molar-refractivity contribution >= 4 is 29.3 Å². The molecule has 0 spiro atoms. The lowest BCUT2D eigenvalue weighted by Crippen LogP contribution is -2.20. The van der Waals surface area contributed by atoms with Crippen LogP contribution in [-0.4, -0.2) is 37.1 Å². The first-order chi connectivity index (χ1) is 13.9. The summed E-state index contributed by atoms with van der Waals surface area (Å²) in [5.74, 6) is -0.433. The molecule has 0 saturated heterocycles. The summed E-state index contributed by atoms with van der Waals surface area (Å²) < 4.78 is 15.1. The Balaban J connectivity index is 1.91. The van der Waals surface area contributed by atoms with Crippen LogP contribution in [0.3, 0.4) is 0 Å². The standard InChI is InChI=1S/C20H20N2O7/c1-3-28-16-9-10-17(18(12-16)22(25)26)21-19(23)13-29-20(24)11-6-14-4-7-15(27-2)8-5-14/h4-12H,3,13H2,1-2H3,(H,21,23)/b11-6+. The first-order valence-electron chi connectivity index (χ1n) is 8.63. The molecule has 9 heteroatoms. The van der Waals surface area contributed by atoms with Gasteiger partial charge in [0.25, 0.3) is 11.6 Å². The van der Waals surface area contributed by atoms with Gasteiger partial charge in [-0.15, -0.1) is 0 Å². The minimum atomic E-state index is -0.725. The first kappa shape index (κ1) is 21.4. The Morgan fingerprint density at radius 3 is 2.45 bits per heavy atom. The van der Waals surface area contributed by atoms with Crippen molar-refractivity contribution in [1.82, 2.24) is 0 Å². The number of ether oxygens (including phenoxy) is 3. The summed E-state index contributed by atoms with van der Waals surface area (Å²) in [6.45, 7) is 1.51. The SMILES string of the molecule is CCOc1ccc(NC(=O)COC(=O)/C=C/c2ccc(OC)cc2)c([N+](=O)[O-])c1. The highest BCUT2D eigenvalue weighted by molar-refractivity contribution is 5.96. The van der Waals surface area contributed by atoms with Crippen molar-refractivity contribution in [2.24, 2.45) is 0 Å². The van der Waals surface area contributed by atoms with Crippen LogP contribution in [0.15, 0.2) is 48.5 Å². The molecule has 0 atom stereocenters. The van der Waals surface area contributed by atoms with E-state index in [1.165, 1.54) is 30.4 Å². The monoisotopic (exact) mass is 400 g/mol. The average Bonchev–Trinajstić information content (AvgIpc) is 2.72. The third-order valence-corrected chi connectivity index (χ3v) is 3.62. The fourth-order valence-electron chi connectivity index (χ4n) is 2.28. The maximum Gasteiger partial charge on any atom is 0.331 e. The number of methoxy groups -OCH3 is 1. The smallest absolute Gasteiger partial charge is 0.331 e. The topological polar surface area (TPSA) is 117 Å². The van der Waals surface area contributed by atoms with Gasteiger partial charge in [0.1, 0.15) is 17.2 Å². The van der Waals surface area contributed by atoms with Crippen LogP contribution in [0.2, 0.25) is 0 Å². The van der Waals surface area contributed by atoms with Crippen LogP contribution in [0, 0.1) is 10.1 Å². The highest BCUT2D eigenvalue weighted by Gasteiger charge is 2.18. The lowest BCUT2D eigenvalue weighted by molar-refractivity contribution is -0.384. The molecular weight excluding hydrogens is 380 g/mol. The molecule has 0 radical (unpaired) electrons. The number of nitro benzene ring substituents is 1. The van der Waals surface area contributed by atoms with E-state index in [4.69, 9.17) is 14.2 Å². The quantitative estimate of drug-likeness (QED) is 0.297. The number of esters is 1. The summed E-state index contributed by atoms with van der Waals surface area (Å²) >= 11 is 0. The Morgan fingerprint density at radius 2 is 1.83 bits per heavy atom. The molecule has 2 aromatic carbocycles. The molecule has 152 valence electrons. The molecule has 29 heavy (non-hydrogen) atoms. The van der Waals surface area contributed by atoms with Gasteiger partial charge in [0.2, 0.25) is 0 Å². The average molecular weight is 400 g/mol. The van der Waals surface area contributed by atoms with E-state index in [-0.39, 0.29) is 11.4 Å². The van der Waals surface area contributed by atoms with Crippen molar-refractivity contribution in [3.8, 4) is 11.5 Å². The molecule has 0 heterocycles. The van der Waals surface area contributed by atoms with Crippen molar-refractivity contribution in [2.45, 2.75) is 6.92 Å². The van der Waals surface area contributed by atoms with Crippen molar-refractivity contribution in [3.63, 3.8) is 0 Å². The number of hydrogen-bond acceptors (Lipinski definition) is 7. The third-order valence-electron chi connectivity index (χ3n) is 3.62. The maximum atomic E-state index is 12.0. The van der Waals surface area contributed by atoms with Crippen LogP contribution in [-0.2, 0) is 14.3 Å². The molecular formula is C20H20N2O7. The van der Waals surface area contributed by atoms with Gasteiger partial charge in [0.05, 0.1) is 24.7 Å². The summed E-state index contributed by atoms with van der Waals surface area (Å²) in [4.78, 5) is 34.3. The number of amides is 1. The van der Waals surface area contributed by atoms with Crippen LogP contribution in [0.1, 0.15) is 12.5 Å². The molecule has 0 aliphatic rings. The van der Waals surface area contributed by atoms with Crippen LogP contribution >= 0.6 is 0 Å². The van der Waals surface area contributed by atoms with Gasteiger partial charge in [-0.3, -0.25) is 14.9 Å². The highest BCUT2D eigenvalue weighted by atomic mass is 16.6. The zero-order valence-electron chi connectivity index (χ0n) is 15.9. The van der Waals surface area contributed by atoms with Crippen LogP contribution in [0.4, 0.5) is 11.4 Å². The molecule has 1 amide bonds. The molecule has 2 rings (SSSR count). The number of rotatable bonds is 9. The number of benzene rings is 2. The Kier molecular flexibility index (Phi) is 7.72. The molecule has 1 N–H and O–H groups in total. The molecule has 9 nitrogen and oxygen atoms in total. The van der Waals surface area contributed by atoms with E-state index in [0.717, 1.165) is 5.56 Å². The zero-order valence-corrected chi connectivity index (χ0v) is 15.9. The second-order valence-electron chi connectivity index (χ2n) is 5.63. The molecule has 0 fully saturated rings. The zero-order chi connectivity index (χ0) is 21.2. The third kappa shape index (κ3) is 6.65. The number of carbonyl (C=O) groups is 2. The van der Waals surface area contributed by atoms with Crippen molar-refractivity contribution < 1.29 is 28.7 Å². The minimum Gasteiger partial charge on any atom is -0.497 e. The highest BCUT2D eigenvalue weighted by Crippen LogP contribution is 2.29. The summed E-state index contributed by atoms with van der Waals surface area (Å²) in [6.07, 6.45) is 2.70. The van der Waals surface area contributed by atoms with E-state index >= 15 is 0 Å². The van der Waals surface area contributed by atoms with Gasteiger partial charge in [-0.05, 0) is 42.8 Å². The summed E-state index contributed by atoms with van der Waals surface area (Å²) in [6, 6.07) is 11.0. The Bertz CT molecular complexity index is 908. The molecule has 0 aliphatic heterocycles. The fraction of sp³-hybridized carbons (Fsp3) is 0.200. The Labute approximate surface area is 167 Å². The van der Waals surface area contributed by atoms with Crippen molar-refractivity contribution in [2.75, 3.05) is 25.6 Å². The molecule has 2 aromatic rings. The lowest BCUT2D eigenvalue weighted by Gasteiger charge is -2.08. The van der Waals surface area contributed by atoms with Gasteiger partial charge in [-0.25, -0.2) is 4.79 Å². The summed E-state index contributed by atoms with van der Waals surface area (Å²) in [5, 5.41) is 13.5. The molecule has 0 bridgehead atoms. The van der Waals surface area contributed by atoms with Gasteiger partial charge in [0.15, 0.2) is 6.61 Å². The largest absolute Gasteiger partial charge is 0.497 e. The minimum absolute atomic E-state index is 0.0201. The predicted molar refractivity (Wildman–Crippen MR) is 106 cm³/mol. The van der Waals surface area contributed by atoms with Gasteiger partial charge < -0.3 is 19.5 Å². The number of nitro groups is 1. The van der Waals surface area contributed by atoms with Gasteiger partial charge in [0, 0.05) is 6.08 Å². The van der Waals surface area contributed by atoms with E-state index in [0.29, 0.717) is 18.1 Å². The van der Waals surface area contributed by atoms with Crippen molar-refractivity contribution in [1.29, 1.82) is 0 Å². The van der Waals surface area contributed by atoms with Crippen LogP contribution in [0.25, 0.3) is 6.08 Å². The summed E-state index contributed by atoms with van der Waals surface area (Å²) in [7, 11) is 1.55. The first-order valence-corrected chi connectivity index (χ1v) is 8.63. The lowest BCUT2D eigenvalue weighted by atomic mass is 10.2. The van der Waals surface area contributed by atoms with Gasteiger partial charge >= 0.3 is 5.97 Å².